The summed E-state index contributed by atoms with van der Waals surface area (Å²) >= 11 is 0. The van der Waals surface area contributed by atoms with Crippen molar-refractivity contribution in [3.8, 4) is 11.5 Å². The summed E-state index contributed by atoms with van der Waals surface area (Å²) in [6.07, 6.45) is 1.84. The molecule has 12 heteroatoms. The minimum absolute atomic E-state index is 0.250. The molecule has 284 valence electrons. The van der Waals surface area contributed by atoms with Crippen LogP contribution in [-0.2, 0) is 41.5 Å². The highest BCUT2D eigenvalue weighted by atomic mass is 16.6. The number of nitrogens with zero attached hydrogens (tertiary/aromatic N) is 4. The van der Waals surface area contributed by atoms with Crippen LogP contribution in [0, 0.1) is 11.8 Å². The summed E-state index contributed by atoms with van der Waals surface area (Å²) in [6, 6.07) is 8.07. The molecule has 5 rings (SSSR count). The van der Waals surface area contributed by atoms with Gasteiger partial charge in [-0.1, -0.05) is 0 Å². The van der Waals surface area contributed by atoms with Gasteiger partial charge in [-0.15, -0.1) is 0 Å². The number of piperazine rings is 1. The van der Waals surface area contributed by atoms with E-state index in [1.54, 1.807) is 24.0 Å². The van der Waals surface area contributed by atoms with Crippen molar-refractivity contribution in [2.75, 3.05) is 73.1 Å². The van der Waals surface area contributed by atoms with Crippen LogP contribution >= 0.6 is 0 Å². The Morgan fingerprint density at radius 2 is 0.962 bits per heavy atom. The molecule has 2 aromatic carbocycles. The molecule has 12 nitrogen and oxygen atoms in total. The fourth-order valence-corrected chi connectivity index (χ4v) is 7.41. The first-order valence-corrected chi connectivity index (χ1v) is 18.5. The summed E-state index contributed by atoms with van der Waals surface area (Å²) in [5.74, 6) is -1.88. The molecule has 2 unspecified atom stereocenters. The smallest absolute Gasteiger partial charge is 0.319 e. The first-order chi connectivity index (χ1) is 24.5. The molecule has 0 spiro atoms. The number of amides is 2. The third-order valence-electron chi connectivity index (χ3n) is 9.85. The van der Waals surface area contributed by atoms with Gasteiger partial charge in [0.05, 0.1) is 37.0 Å². The van der Waals surface area contributed by atoms with Crippen molar-refractivity contribution >= 4 is 46.5 Å². The number of esters is 2. The lowest BCUT2D eigenvalue weighted by Gasteiger charge is -2.39. The highest BCUT2D eigenvalue weighted by Crippen LogP contribution is 2.42. The van der Waals surface area contributed by atoms with Crippen LogP contribution in [0.2, 0.25) is 0 Å². The molecule has 1 saturated heterocycles. The molecule has 1 fully saturated rings. The molecule has 2 atom stereocenters. The van der Waals surface area contributed by atoms with Gasteiger partial charge in [-0.3, -0.25) is 19.2 Å². The number of methoxy groups -OCH3 is 2. The third kappa shape index (κ3) is 8.10. The molecule has 0 saturated carbocycles. The zero-order valence-electron chi connectivity index (χ0n) is 32.6. The third-order valence-corrected chi connectivity index (χ3v) is 9.85. The molecule has 0 bridgehead atoms. The molecule has 0 radical (unpaired) electrons. The van der Waals surface area contributed by atoms with E-state index < -0.39 is 35.0 Å². The maximum absolute atomic E-state index is 13.6. The quantitative estimate of drug-likeness (QED) is 0.254. The number of fused-ring (bicyclic) bond motifs is 2. The van der Waals surface area contributed by atoms with Gasteiger partial charge < -0.3 is 38.5 Å². The van der Waals surface area contributed by atoms with Gasteiger partial charge in [0.1, 0.15) is 34.5 Å². The maximum Gasteiger partial charge on any atom is 0.319 e. The Kier molecular flexibility index (Phi) is 11.4. The SMILES string of the molecule is CCN1C(=O)C(C(=O)OC(C)(C)C)CCc2cc(N3CCN(c4cc5c(cc4OC)N(CC)C(=O)C(C(=O)OC(C)(C)C)CC5)CC3)c(OC)cc21. The van der Waals surface area contributed by atoms with Crippen LogP contribution in [0.3, 0.4) is 0 Å². The van der Waals surface area contributed by atoms with Crippen LogP contribution in [0.25, 0.3) is 0 Å². The van der Waals surface area contributed by atoms with Gasteiger partial charge in [0.25, 0.3) is 0 Å². The topological polar surface area (TPSA) is 118 Å². The van der Waals surface area contributed by atoms with Gasteiger partial charge in [0.15, 0.2) is 0 Å². The van der Waals surface area contributed by atoms with E-state index in [0.717, 1.165) is 33.9 Å². The molecule has 2 amide bonds. The minimum atomic E-state index is -0.869. The predicted molar refractivity (Wildman–Crippen MR) is 202 cm³/mol. The molecule has 0 aromatic heterocycles. The zero-order chi connectivity index (χ0) is 38.1. The van der Waals surface area contributed by atoms with Crippen molar-refractivity contribution in [3.63, 3.8) is 0 Å². The van der Waals surface area contributed by atoms with Gasteiger partial charge >= 0.3 is 11.9 Å². The molecule has 3 heterocycles. The zero-order valence-corrected chi connectivity index (χ0v) is 32.6. The number of hydrogen-bond donors (Lipinski definition) is 0. The fraction of sp³-hybridized carbons (Fsp3) is 0.600. The van der Waals surface area contributed by atoms with Gasteiger partial charge in [-0.2, -0.15) is 0 Å². The standard InChI is InChI=1S/C40H56N4O8/c1-11-43-29-23-33(49-9)31(21-25(29)13-15-27(35(43)45)37(47)51-39(3,4)5)41-17-19-42(20-18-41)32-22-26-14-16-28(38(48)52-40(6,7)8)36(46)44(12-2)30(26)24-34(32)50-10/h21-24,27-28H,11-20H2,1-10H3. The Morgan fingerprint density at radius 1 is 0.615 bits per heavy atom. The molecule has 0 N–H and O–H groups in total. The van der Waals surface area contributed by atoms with Gasteiger partial charge in [0.2, 0.25) is 11.8 Å². The predicted octanol–water partition coefficient (Wildman–Crippen LogP) is 5.54. The minimum Gasteiger partial charge on any atom is -0.495 e. The normalized spacial score (nSPS) is 19.7. The summed E-state index contributed by atoms with van der Waals surface area (Å²) < 4.78 is 23.1. The molecule has 3 aliphatic heterocycles. The van der Waals surface area contributed by atoms with Gasteiger partial charge in [-0.05, 0) is 104 Å². The van der Waals surface area contributed by atoms with Crippen LogP contribution in [0.15, 0.2) is 24.3 Å². The highest BCUT2D eigenvalue weighted by molar-refractivity contribution is 6.08. The second kappa shape index (κ2) is 15.2. The summed E-state index contributed by atoms with van der Waals surface area (Å²) in [5.41, 5.74) is 4.03. The Balaban J connectivity index is 1.37. The lowest BCUT2D eigenvalue weighted by Crippen LogP contribution is -2.47. The molecule has 0 aliphatic carbocycles. The molecule has 3 aliphatic rings. The molecular weight excluding hydrogens is 664 g/mol. The van der Waals surface area contributed by atoms with Crippen LogP contribution in [-0.4, -0.2) is 88.4 Å². The lowest BCUT2D eigenvalue weighted by molar-refractivity contribution is -0.163. The number of hydrogen-bond acceptors (Lipinski definition) is 10. The average Bonchev–Trinajstić information content (AvgIpc) is 3.30. The molecule has 2 aromatic rings. The van der Waals surface area contributed by atoms with Crippen LogP contribution in [0.1, 0.15) is 79.4 Å². The van der Waals surface area contributed by atoms with E-state index in [-0.39, 0.29) is 11.8 Å². The first-order valence-electron chi connectivity index (χ1n) is 18.5. The van der Waals surface area contributed by atoms with E-state index in [0.29, 0.717) is 76.5 Å². The lowest BCUT2D eigenvalue weighted by atomic mass is 9.99. The number of anilines is 4. The Labute approximate surface area is 308 Å². The number of carbonyl (C=O) groups is 4. The Hall–Kier alpha value is -4.48. The molecular formula is C40H56N4O8. The van der Waals surface area contributed by atoms with E-state index in [2.05, 4.69) is 21.9 Å². The van der Waals surface area contributed by atoms with Crippen LogP contribution < -0.4 is 29.1 Å². The second-order valence-corrected chi connectivity index (χ2v) is 15.7. The van der Waals surface area contributed by atoms with E-state index in [9.17, 15) is 19.2 Å². The summed E-state index contributed by atoms with van der Waals surface area (Å²) in [4.78, 5) is 61.4. The summed E-state index contributed by atoms with van der Waals surface area (Å²) in [6.45, 7) is 18.3. The van der Waals surface area contributed by atoms with Crippen LogP contribution in [0.4, 0.5) is 22.7 Å². The van der Waals surface area contributed by atoms with E-state index >= 15 is 0 Å². The highest BCUT2D eigenvalue weighted by Gasteiger charge is 2.40. The maximum atomic E-state index is 13.6. The van der Waals surface area contributed by atoms with Gasteiger partial charge in [0, 0.05) is 51.4 Å². The summed E-state index contributed by atoms with van der Waals surface area (Å²) in [5, 5.41) is 0. The van der Waals surface area contributed by atoms with E-state index in [1.807, 2.05) is 67.5 Å². The number of aryl methyl sites for hydroxylation is 2. The first kappa shape index (κ1) is 38.7. The number of rotatable bonds is 8. The Bertz CT molecular complexity index is 1560. The summed E-state index contributed by atoms with van der Waals surface area (Å²) in [7, 11) is 3.27. The van der Waals surface area contributed by atoms with E-state index in [1.165, 1.54) is 0 Å². The van der Waals surface area contributed by atoms with Crippen LogP contribution in [0.5, 0.6) is 11.5 Å². The van der Waals surface area contributed by atoms with Crippen molar-refractivity contribution < 1.29 is 38.1 Å². The number of ether oxygens (including phenoxy) is 4. The van der Waals surface area contributed by atoms with Crippen molar-refractivity contribution in [2.24, 2.45) is 11.8 Å². The van der Waals surface area contributed by atoms with Gasteiger partial charge in [-0.25, -0.2) is 0 Å². The fourth-order valence-electron chi connectivity index (χ4n) is 7.41. The monoisotopic (exact) mass is 720 g/mol. The van der Waals surface area contributed by atoms with Crippen molar-refractivity contribution in [3.05, 3.63) is 35.4 Å². The Morgan fingerprint density at radius 3 is 1.25 bits per heavy atom. The number of benzene rings is 2. The second-order valence-electron chi connectivity index (χ2n) is 15.7. The number of carbonyl (C=O) groups excluding carboxylic acids is 4. The average molecular weight is 721 g/mol. The molecule has 52 heavy (non-hydrogen) atoms. The van der Waals surface area contributed by atoms with Crippen molar-refractivity contribution in [1.82, 2.24) is 0 Å². The van der Waals surface area contributed by atoms with E-state index in [4.69, 9.17) is 18.9 Å². The van der Waals surface area contributed by atoms with Crippen molar-refractivity contribution in [2.45, 2.75) is 92.3 Å². The largest absolute Gasteiger partial charge is 0.495 e. The van der Waals surface area contributed by atoms with Crippen molar-refractivity contribution in [1.29, 1.82) is 0 Å².